The highest BCUT2D eigenvalue weighted by molar-refractivity contribution is 6.03. The fraction of sp³-hybridized carbons (Fsp3) is 0.348. The lowest BCUT2D eigenvalue weighted by Crippen LogP contribution is -2.45. The second kappa shape index (κ2) is 8.03. The first kappa shape index (κ1) is 19.6. The minimum atomic E-state index is -0.331. The van der Waals surface area contributed by atoms with Crippen LogP contribution < -0.4 is 5.73 Å². The van der Waals surface area contributed by atoms with Gasteiger partial charge in [-0.05, 0) is 43.7 Å². The van der Waals surface area contributed by atoms with Crippen LogP contribution in [0.4, 0.5) is 0 Å². The Morgan fingerprint density at radius 2 is 2.06 bits per heavy atom. The average Bonchev–Trinajstić information content (AvgIpc) is 3.52. The number of carbonyl (C=O) groups is 2. The fourth-order valence-electron chi connectivity index (χ4n) is 4.41. The zero-order valence-electron chi connectivity index (χ0n) is 17.1. The molecule has 5 rings (SSSR count). The van der Waals surface area contributed by atoms with E-state index in [-0.39, 0.29) is 30.3 Å². The van der Waals surface area contributed by atoms with Crippen LogP contribution in [0.15, 0.2) is 62.7 Å². The number of furan rings is 2. The molecule has 0 saturated carbocycles. The molecule has 2 atom stereocenters. The molecule has 2 amide bonds. The topological polar surface area (TPSA) is 105 Å². The van der Waals surface area contributed by atoms with Crippen molar-refractivity contribution in [3.63, 3.8) is 0 Å². The van der Waals surface area contributed by atoms with Gasteiger partial charge in [-0.15, -0.1) is 0 Å². The van der Waals surface area contributed by atoms with Crippen molar-refractivity contribution >= 4 is 28.5 Å². The molecule has 8 heteroatoms. The number of fused-ring (bicyclic) bond motifs is 1. The van der Waals surface area contributed by atoms with E-state index in [2.05, 4.69) is 5.10 Å². The van der Waals surface area contributed by atoms with Gasteiger partial charge in [0.2, 0.25) is 5.91 Å². The van der Waals surface area contributed by atoms with Gasteiger partial charge in [0.1, 0.15) is 23.1 Å². The molecular weight excluding hydrogens is 396 g/mol. The number of piperidine rings is 1. The molecule has 2 aliphatic heterocycles. The number of hydrogen-bond donors (Lipinski definition) is 1. The number of para-hydroxylation sites is 1. The summed E-state index contributed by atoms with van der Waals surface area (Å²) in [5.41, 5.74) is 6.97. The molecule has 0 bridgehead atoms. The summed E-state index contributed by atoms with van der Waals surface area (Å²) < 4.78 is 11.6. The Labute approximate surface area is 179 Å². The lowest BCUT2D eigenvalue weighted by atomic mass is 9.97. The third-order valence-corrected chi connectivity index (χ3v) is 6.01. The van der Waals surface area contributed by atoms with Crippen molar-refractivity contribution in [1.82, 2.24) is 9.91 Å². The summed E-state index contributed by atoms with van der Waals surface area (Å²) in [7, 11) is 0. The van der Waals surface area contributed by atoms with Crippen LogP contribution in [0, 0.1) is 5.92 Å². The number of primary amides is 1. The lowest BCUT2D eigenvalue weighted by molar-refractivity contribution is -0.136. The molecule has 1 fully saturated rings. The van der Waals surface area contributed by atoms with Gasteiger partial charge in [0.15, 0.2) is 5.76 Å². The number of hydrazone groups is 1. The largest absolute Gasteiger partial charge is 0.467 e. The van der Waals surface area contributed by atoms with Crippen LogP contribution in [0.5, 0.6) is 0 Å². The molecule has 1 aromatic carbocycles. The van der Waals surface area contributed by atoms with Gasteiger partial charge >= 0.3 is 0 Å². The van der Waals surface area contributed by atoms with Crippen LogP contribution in [0.2, 0.25) is 0 Å². The third kappa shape index (κ3) is 3.86. The predicted octanol–water partition coefficient (Wildman–Crippen LogP) is 2.90. The number of nitrogens with two attached hydrogens (primary N) is 1. The lowest BCUT2D eigenvalue weighted by Gasteiger charge is -2.31. The zero-order chi connectivity index (χ0) is 21.4. The number of rotatable bonds is 5. The first-order valence-corrected chi connectivity index (χ1v) is 10.5. The molecule has 1 saturated heterocycles. The minimum Gasteiger partial charge on any atom is -0.467 e. The quantitative estimate of drug-likeness (QED) is 0.683. The Kier molecular flexibility index (Phi) is 5.07. The molecule has 0 radical (unpaired) electrons. The number of nitrogens with zero attached hydrogens (tertiary/aromatic N) is 3. The summed E-state index contributed by atoms with van der Waals surface area (Å²) >= 11 is 0. The Morgan fingerprint density at radius 1 is 1.19 bits per heavy atom. The Balaban J connectivity index is 1.39. The molecular formula is C23H24N4O4. The van der Waals surface area contributed by atoms with Gasteiger partial charge in [0.05, 0.1) is 18.7 Å². The van der Waals surface area contributed by atoms with Crippen molar-refractivity contribution in [2.24, 2.45) is 16.8 Å². The molecule has 3 aromatic rings. The number of benzene rings is 1. The van der Waals surface area contributed by atoms with Crippen LogP contribution in [0.3, 0.4) is 0 Å². The van der Waals surface area contributed by atoms with Gasteiger partial charge in [-0.1, -0.05) is 18.2 Å². The van der Waals surface area contributed by atoms with E-state index in [9.17, 15) is 9.59 Å². The van der Waals surface area contributed by atoms with E-state index in [1.54, 1.807) is 12.3 Å². The maximum atomic E-state index is 13.2. The van der Waals surface area contributed by atoms with Crippen LogP contribution in [-0.4, -0.2) is 47.1 Å². The highest BCUT2D eigenvalue weighted by Gasteiger charge is 2.37. The normalized spacial score (nSPS) is 22.1. The molecule has 0 aliphatic carbocycles. The van der Waals surface area contributed by atoms with E-state index in [0.29, 0.717) is 30.2 Å². The molecule has 8 nitrogen and oxygen atoms in total. The number of carbonyl (C=O) groups excluding carboxylic acids is 2. The summed E-state index contributed by atoms with van der Waals surface area (Å²) in [5.74, 6) is 0.668. The van der Waals surface area contributed by atoms with Crippen molar-refractivity contribution in [1.29, 1.82) is 0 Å². The predicted molar refractivity (Wildman–Crippen MR) is 114 cm³/mol. The van der Waals surface area contributed by atoms with Gasteiger partial charge < -0.3 is 14.6 Å². The average molecular weight is 420 g/mol. The summed E-state index contributed by atoms with van der Waals surface area (Å²) in [6, 6.07) is 13.0. The molecule has 2 aliphatic rings. The van der Waals surface area contributed by atoms with E-state index < -0.39 is 0 Å². The zero-order valence-corrected chi connectivity index (χ0v) is 17.1. The van der Waals surface area contributed by atoms with Crippen LogP contribution in [0.1, 0.15) is 36.8 Å². The second-order valence-electron chi connectivity index (χ2n) is 8.15. The van der Waals surface area contributed by atoms with Gasteiger partial charge in [0, 0.05) is 18.4 Å². The summed E-state index contributed by atoms with van der Waals surface area (Å²) in [4.78, 5) is 26.8. The fourth-order valence-corrected chi connectivity index (χ4v) is 4.41. The van der Waals surface area contributed by atoms with Crippen LogP contribution in [-0.2, 0) is 9.59 Å². The Hall–Kier alpha value is -3.39. The maximum Gasteiger partial charge on any atom is 0.257 e. The Morgan fingerprint density at radius 3 is 2.84 bits per heavy atom. The summed E-state index contributed by atoms with van der Waals surface area (Å²) in [6.07, 6.45) is 3.71. The van der Waals surface area contributed by atoms with Crippen molar-refractivity contribution in [3.8, 4) is 0 Å². The van der Waals surface area contributed by atoms with E-state index in [0.717, 1.165) is 30.4 Å². The highest BCUT2D eigenvalue weighted by Crippen LogP contribution is 2.34. The first-order valence-electron chi connectivity index (χ1n) is 10.5. The van der Waals surface area contributed by atoms with E-state index in [1.807, 2.05) is 41.3 Å². The highest BCUT2D eigenvalue weighted by atomic mass is 16.3. The van der Waals surface area contributed by atoms with Crippen molar-refractivity contribution in [2.45, 2.75) is 25.3 Å². The van der Waals surface area contributed by atoms with Crippen molar-refractivity contribution < 1.29 is 18.4 Å². The number of likely N-dealkylation sites (tertiary alicyclic amines) is 1. The number of amides is 2. The maximum absolute atomic E-state index is 13.2. The van der Waals surface area contributed by atoms with Crippen LogP contribution in [0.25, 0.3) is 11.0 Å². The standard InChI is InChI=1S/C23H24N4O4/c24-23(29)16-6-3-9-26(13-16)14-22(28)27-18(20-8-4-10-30-20)12-17(25-27)21-11-15-5-1-2-7-19(15)31-21/h1-2,4-5,7-8,10-11,16,18H,3,6,9,12-14H2,(H2,24,29)/t16-,18+/m0/s1. The van der Waals surface area contributed by atoms with Crippen LogP contribution >= 0.6 is 0 Å². The van der Waals surface area contributed by atoms with Gasteiger partial charge in [0.25, 0.3) is 5.91 Å². The van der Waals surface area contributed by atoms with E-state index >= 15 is 0 Å². The smallest absolute Gasteiger partial charge is 0.257 e. The molecule has 160 valence electrons. The van der Waals surface area contributed by atoms with Gasteiger partial charge in [-0.25, -0.2) is 5.01 Å². The van der Waals surface area contributed by atoms with Crippen molar-refractivity contribution in [3.05, 3.63) is 60.2 Å². The summed E-state index contributed by atoms with van der Waals surface area (Å²) in [5, 5.41) is 7.13. The second-order valence-corrected chi connectivity index (χ2v) is 8.15. The SMILES string of the molecule is NC(=O)[C@H]1CCCN(CC(=O)N2N=C(c3cc4ccccc4o3)C[C@@H]2c2ccco2)C1. The summed E-state index contributed by atoms with van der Waals surface area (Å²) in [6.45, 7) is 1.44. The molecule has 31 heavy (non-hydrogen) atoms. The minimum absolute atomic E-state index is 0.141. The Bertz CT molecular complexity index is 1100. The van der Waals surface area contributed by atoms with Gasteiger partial charge in [-0.3, -0.25) is 14.5 Å². The molecule has 2 aromatic heterocycles. The van der Waals surface area contributed by atoms with E-state index in [1.165, 1.54) is 5.01 Å². The molecule has 0 spiro atoms. The monoisotopic (exact) mass is 420 g/mol. The first-order chi connectivity index (χ1) is 15.1. The third-order valence-electron chi connectivity index (χ3n) is 6.01. The molecule has 2 N–H and O–H groups in total. The molecule has 4 heterocycles. The van der Waals surface area contributed by atoms with Crippen molar-refractivity contribution in [2.75, 3.05) is 19.6 Å². The van der Waals surface area contributed by atoms with Gasteiger partial charge in [-0.2, -0.15) is 5.10 Å². The molecule has 0 unspecified atom stereocenters. The van der Waals surface area contributed by atoms with E-state index in [4.69, 9.17) is 14.6 Å². The number of hydrogen-bond acceptors (Lipinski definition) is 6.